The van der Waals surface area contributed by atoms with Crippen molar-refractivity contribution >= 4 is 23.0 Å². The summed E-state index contributed by atoms with van der Waals surface area (Å²) in [6, 6.07) is 6.03. The molecule has 4 nitrogen and oxygen atoms in total. The minimum Gasteiger partial charge on any atom is -0.338 e. The zero-order valence-corrected chi connectivity index (χ0v) is 13.2. The molecule has 0 bridgehead atoms. The van der Waals surface area contributed by atoms with E-state index in [0.29, 0.717) is 6.07 Å². The topological polar surface area (TPSA) is 49.8 Å². The molecule has 1 heterocycles. The predicted octanol–water partition coefficient (Wildman–Crippen LogP) is 4.97. The second-order valence-electron chi connectivity index (χ2n) is 5.28. The first-order valence-electron chi connectivity index (χ1n) is 7.32. The molecule has 0 saturated carbocycles. The smallest absolute Gasteiger partial charge is 0.196 e. The molecule has 0 fully saturated rings. The number of hydrogen-bond acceptors (Lipinski definition) is 4. The van der Waals surface area contributed by atoms with E-state index in [0.717, 1.165) is 18.2 Å². The van der Waals surface area contributed by atoms with E-state index in [1.807, 2.05) is 0 Å². The van der Waals surface area contributed by atoms with Crippen molar-refractivity contribution in [3.63, 3.8) is 0 Å². The first-order valence-corrected chi connectivity index (χ1v) is 7.32. The number of nitrogens with one attached hydrogen (secondary N) is 2. The quantitative estimate of drug-likeness (QED) is 0.506. The van der Waals surface area contributed by atoms with Crippen LogP contribution in [0.3, 0.4) is 0 Å². The maximum Gasteiger partial charge on any atom is 0.196 e. The first kappa shape index (κ1) is 17.6. The summed E-state index contributed by atoms with van der Waals surface area (Å²) in [5.41, 5.74) is -0.365. The number of aryl methyl sites for hydroxylation is 1. The first-order chi connectivity index (χ1) is 12.3. The molecule has 9 heteroatoms. The lowest BCUT2D eigenvalue weighted by Gasteiger charge is -2.11. The number of aromatic nitrogens is 2. The summed E-state index contributed by atoms with van der Waals surface area (Å²) in [6.45, 7) is 1.53. The van der Waals surface area contributed by atoms with Gasteiger partial charge >= 0.3 is 0 Å². The SMILES string of the molecule is Cc1nc(Nc2ccc(F)cc2F)cc(Nc2ccc(F)c(F)c2F)n1. The Hall–Kier alpha value is -3.23. The number of nitrogens with zero attached hydrogens (tertiary/aromatic N) is 2. The van der Waals surface area contributed by atoms with Crippen molar-refractivity contribution in [3.8, 4) is 0 Å². The van der Waals surface area contributed by atoms with Gasteiger partial charge in [0.25, 0.3) is 0 Å². The van der Waals surface area contributed by atoms with Crippen LogP contribution in [0.5, 0.6) is 0 Å². The predicted molar refractivity (Wildman–Crippen MR) is 86.0 cm³/mol. The molecule has 3 rings (SSSR count). The molecule has 3 aromatic rings. The molecule has 2 aromatic carbocycles. The van der Waals surface area contributed by atoms with Gasteiger partial charge in [-0.05, 0) is 31.2 Å². The molecule has 0 spiro atoms. The van der Waals surface area contributed by atoms with E-state index in [9.17, 15) is 22.0 Å². The van der Waals surface area contributed by atoms with E-state index in [1.54, 1.807) is 0 Å². The van der Waals surface area contributed by atoms with Gasteiger partial charge in [-0.1, -0.05) is 0 Å². The summed E-state index contributed by atoms with van der Waals surface area (Å²) in [7, 11) is 0. The third kappa shape index (κ3) is 3.71. The van der Waals surface area contributed by atoms with Gasteiger partial charge in [0.05, 0.1) is 11.4 Å². The molecule has 0 aliphatic heterocycles. The fourth-order valence-electron chi connectivity index (χ4n) is 2.19. The van der Waals surface area contributed by atoms with Crippen molar-refractivity contribution in [1.82, 2.24) is 9.97 Å². The minimum atomic E-state index is -1.62. The van der Waals surface area contributed by atoms with E-state index in [-0.39, 0.29) is 28.8 Å². The largest absolute Gasteiger partial charge is 0.338 e. The maximum absolute atomic E-state index is 13.8. The highest BCUT2D eigenvalue weighted by Gasteiger charge is 2.14. The number of hydrogen-bond donors (Lipinski definition) is 2. The lowest BCUT2D eigenvalue weighted by atomic mass is 10.2. The number of halogens is 5. The van der Waals surface area contributed by atoms with Crippen molar-refractivity contribution in [2.24, 2.45) is 0 Å². The minimum absolute atomic E-state index is 0.0329. The van der Waals surface area contributed by atoms with Crippen molar-refractivity contribution in [2.45, 2.75) is 6.92 Å². The summed E-state index contributed by atoms with van der Waals surface area (Å²) < 4.78 is 66.8. The van der Waals surface area contributed by atoms with Gasteiger partial charge in [-0.2, -0.15) is 0 Å². The Labute approximate surface area is 144 Å². The maximum atomic E-state index is 13.8. The van der Waals surface area contributed by atoms with Crippen LogP contribution in [0.15, 0.2) is 36.4 Å². The van der Waals surface area contributed by atoms with Gasteiger partial charge < -0.3 is 10.6 Å². The van der Waals surface area contributed by atoms with Gasteiger partial charge in [0.2, 0.25) is 0 Å². The second kappa shape index (κ2) is 6.95. The summed E-state index contributed by atoms with van der Waals surface area (Å²) in [5, 5.41) is 5.15. The van der Waals surface area contributed by atoms with E-state index < -0.39 is 29.1 Å². The summed E-state index contributed by atoms with van der Waals surface area (Å²) in [6.07, 6.45) is 0. The summed E-state index contributed by atoms with van der Waals surface area (Å²) in [5.74, 6) is -5.47. The van der Waals surface area contributed by atoms with Gasteiger partial charge in [0.1, 0.15) is 29.1 Å². The average molecular weight is 366 g/mol. The number of rotatable bonds is 4. The van der Waals surface area contributed by atoms with E-state index in [2.05, 4.69) is 20.6 Å². The highest BCUT2D eigenvalue weighted by molar-refractivity contribution is 5.63. The van der Waals surface area contributed by atoms with Crippen LogP contribution in [-0.2, 0) is 0 Å². The third-order valence-corrected chi connectivity index (χ3v) is 3.33. The van der Waals surface area contributed by atoms with E-state index in [4.69, 9.17) is 0 Å². The average Bonchev–Trinajstić information content (AvgIpc) is 2.57. The zero-order chi connectivity index (χ0) is 18.8. The lowest BCUT2D eigenvalue weighted by Crippen LogP contribution is -2.04. The van der Waals surface area contributed by atoms with Crippen molar-refractivity contribution in [3.05, 3.63) is 71.3 Å². The fraction of sp³-hybridized carbons (Fsp3) is 0.0588. The van der Waals surface area contributed by atoms with E-state index >= 15 is 0 Å². The van der Waals surface area contributed by atoms with Gasteiger partial charge in [0.15, 0.2) is 17.5 Å². The van der Waals surface area contributed by atoms with Crippen LogP contribution in [0.1, 0.15) is 5.82 Å². The van der Waals surface area contributed by atoms with Crippen LogP contribution < -0.4 is 10.6 Å². The number of benzene rings is 2. The molecular formula is C17H11F5N4. The van der Waals surface area contributed by atoms with Crippen LogP contribution in [-0.4, -0.2) is 9.97 Å². The molecular weight excluding hydrogens is 355 g/mol. The molecule has 1 aromatic heterocycles. The van der Waals surface area contributed by atoms with Crippen LogP contribution >= 0.6 is 0 Å². The Balaban J connectivity index is 1.89. The Morgan fingerprint density at radius 1 is 0.692 bits per heavy atom. The Bertz CT molecular complexity index is 978. The van der Waals surface area contributed by atoms with Crippen LogP contribution in [0.4, 0.5) is 45.0 Å². The molecule has 26 heavy (non-hydrogen) atoms. The summed E-state index contributed by atoms with van der Waals surface area (Å²) >= 11 is 0. The van der Waals surface area contributed by atoms with Gasteiger partial charge in [-0.3, -0.25) is 0 Å². The molecule has 0 aliphatic rings. The molecule has 134 valence electrons. The second-order valence-corrected chi connectivity index (χ2v) is 5.28. The standard InChI is InChI=1S/C17H11F5N4/c1-8-23-14(25-12-4-2-9(18)6-11(12)20)7-15(24-8)26-13-5-3-10(19)16(21)17(13)22/h2-7H,1H3,(H2,23,24,25,26). The Morgan fingerprint density at radius 3 is 1.96 bits per heavy atom. The van der Waals surface area contributed by atoms with Gasteiger partial charge in [-0.15, -0.1) is 0 Å². The zero-order valence-electron chi connectivity index (χ0n) is 13.2. The van der Waals surface area contributed by atoms with Crippen LogP contribution in [0.2, 0.25) is 0 Å². The van der Waals surface area contributed by atoms with Crippen molar-refractivity contribution in [1.29, 1.82) is 0 Å². The normalized spacial score (nSPS) is 10.7. The van der Waals surface area contributed by atoms with Crippen molar-refractivity contribution in [2.75, 3.05) is 10.6 Å². The van der Waals surface area contributed by atoms with Crippen LogP contribution in [0.25, 0.3) is 0 Å². The Kier molecular flexibility index (Phi) is 4.70. The molecule has 2 N–H and O–H groups in total. The molecule has 0 saturated heterocycles. The molecule has 0 aliphatic carbocycles. The Morgan fingerprint density at radius 2 is 1.31 bits per heavy atom. The van der Waals surface area contributed by atoms with Crippen molar-refractivity contribution < 1.29 is 22.0 Å². The molecule has 0 amide bonds. The number of anilines is 4. The molecule has 0 radical (unpaired) electrons. The molecule has 0 unspecified atom stereocenters. The van der Waals surface area contributed by atoms with Crippen LogP contribution in [0, 0.1) is 36.0 Å². The van der Waals surface area contributed by atoms with E-state index in [1.165, 1.54) is 19.1 Å². The highest BCUT2D eigenvalue weighted by atomic mass is 19.2. The summed E-state index contributed by atoms with van der Waals surface area (Å²) in [4.78, 5) is 8.04. The monoisotopic (exact) mass is 366 g/mol. The third-order valence-electron chi connectivity index (χ3n) is 3.33. The molecule has 0 atom stereocenters. The van der Waals surface area contributed by atoms with Gasteiger partial charge in [-0.25, -0.2) is 31.9 Å². The van der Waals surface area contributed by atoms with Gasteiger partial charge in [0, 0.05) is 12.1 Å². The lowest BCUT2D eigenvalue weighted by molar-refractivity contribution is 0.449. The highest BCUT2D eigenvalue weighted by Crippen LogP contribution is 2.25. The fourth-order valence-corrected chi connectivity index (χ4v) is 2.19.